The Morgan fingerprint density at radius 2 is 1.89 bits per heavy atom. The Balaban J connectivity index is 2.21. The third-order valence-electron chi connectivity index (χ3n) is 3.13. The van der Waals surface area contributed by atoms with Gasteiger partial charge in [-0.3, -0.25) is 0 Å². The zero-order chi connectivity index (χ0) is 12.1. The quantitative estimate of drug-likeness (QED) is 0.428. The van der Waals surface area contributed by atoms with E-state index >= 15 is 0 Å². The number of fused-ring (bicyclic) bond motifs is 4. The average Bonchev–Trinajstić information content (AvgIpc) is 2.73. The van der Waals surface area contributed by atoms with Gasteiger partial charge in [0.05, 0.1) is 5.52 Å². The molecule has 2 aliphatic heterocycles. The summed E-state index contributed by atoms with van der Waals surface area (Å²) in [5, 5.41) is 3.62. The second kappa shape index (κ2) is 3.77. The van der Waals surface area contributed by atoms with Gasteiger partial charge in [0.2, 0.25) is 0 Å². The van der Waals surface area contributed by atoms with Crippen molar-refractivity contribution in [3.05, 3.63) is 53.0 Å². The molecule has 3 heteroatoms. The molecule has 0 unspecified atom stereocenters. The predicted octanol–water partition coefficient (Wildman–Crippen LogP) is 5.32. The first-order valence-electron chi connectivity index (χ1n) is 5.69. The summed E-state index contributed by atoms with van der Waals surface area (Å²) in [5.41, 5.74) is 2.31. The summed E-state index contributed by atoms with van der Waals surface area (Å²) in [5.74, 6) is 0. The number of halogens is 1. The molecule has 0 bridgehead atoms. The van der Waals surface area contributed by atoms with Crippen molar-refractivity contribution in [2.45, 2.75) is 0 Å². The molecule has 0 saturated carbocycles. The van der Waals surface area contributed by atoms with Crippen molar-refractivity contribution in [3.8, 4) is 10.6 Å². The van der Waals surface area contributed by atoms with Gasteiger partial charge in [-0.25, -0.2) is 4.98 Å². The molecule has 0 spiro atoms. The molecule has 2 aromatic rings. The van der Waals surface area contributed by atoms with E-state index in [2.05, 4.69) is 58.4 Å². The minimum absolute atomic E-state index is 1.07. The lowest BCUT2D eigenvalue weighted by Crippen LogP contribution is -1.75. The van der Waals surface area contributed by atoms with Gasteiger partial charge in [-0.15, -0.1) is 11.3 Å². The number of nitrogens with zero attached hydrogens (tertiary/aromatic N) is 1. The number of benzene rings is 2. The smallest absolute Gasteiger partial charge is 0.125 e. The zero-order valence-corrected chi connectivity index (χ0v) is 11.8. The molecule has 0 amide bonds. The lowest BCUT2D eigenvalue weighted by atomic mass is 10.1. The van der Waals surface area contributed by atoms with E-state index in [1.807, 2.05) is 6.07 Å². The normalized spacial score (nSPS) is 11.6. The molecule has 0 atom stereocenters. The van der Waals surface area contributed by atoms with Crippen LogP contribution in [0.25, 0.3) is 31.6 Å². The van der Waals surface area contributed by atoms with Crippen molar-refractivity contribution < 1.29 is 0 Å². The highest BCUT2D eigenvalue weighted by Gasteiger charge is 2.13. The second-order valence-corrected chi connectivity index (χ2v) is 6.22. The standard InChI is InChI=1S/C15H8BrNS/c16-10-5-6-13-11(8-10)12-7-9-3-1-2-4-14(9)18-15(12)17-13/h1-8H. The summed E-state index contributed by atoms with van der Waals surface area (Å²) < 4.78 is 2.38. The summed E-state index contributed by atoms with van der Waals surface area (Å²) >= 11 is 5.28. The molecule has 86 valence electrons. The van der Waals surface area contributed by atoms with Gasteiger partial charge in [-0.05, 0) is 35.7 Å². The maximum Gasteiger partial charge on any atom is 0.125 e. The Labute approximate surface area is 117 Å². The monoisotopic (exact) mass is 313 g/mol. The van der Waals surface area contributed by atoms with E-state index in [-0.39, 0.29) is 0 Å². The van der Waals surface area contributed by atoms with Crippen LogP contribution in [0.3, 0.4) is 0 Å². The minimum atomic E-state index is 1.07. The van der Waals surface area contributed by atoms with E-state index in [9.17, 15) is 0 Å². The van der Waals surface area contributed by atoms with E-state index in [4.69, 9.17) is 4.98 Å². The van der Waals surface area contributed by atoms with Crippen LogP contribution in [0.5, 0.6) is 0 Å². The van der Waals surface area contributed by atoms with Crippen molar-refractivity contribution >= 4 is 48.3 Å². The van der Waals surface area contributed by atoms with Crippen molar-refractivity contribution in [1.29, 1.82) is 0 Å². The minimum Gasteiger partial charge on any atom is -0.237 e. The van der Waals surface area contributed by atoms with Crippen molar-refractivity contribution in [3.63, 3.8) is 0 Å². The Morgan fingerprint density at radius 3 is 2.83 bits per heavy atom. The Morgan fingerprint density at radius 1 is 1.00 bits per heavy atom. The molecule has 2 aromatic carbocycles. The van der Waals surface area contributed by atoms with Gasteiger partial charge in [0, 0.05) is 20.1 Å². The first-order chi connectivity index (χ1) is 8.81. The molecule has 0 radical (unpaired) electrons. The highest BCUT2D eigenvalue weighted by Crippen LogP contribution is 2.38. The molecule has 0 fully saturated rings. The van der Waals surface area contributed by atoms with Crippen molar-refractivity contribution in [2.75, 3.05) is 0 Å². The van der Waals surface area contributed by atoms with Gasteiger partial charge in [-0.2, -0.15) is 0 Å². The van der Waals surface area contributed by atoms with Gasteiger partial charge in [-0.1, -0.05) is 34.1 Å². The molecule has 0 aromatic heterocycles. The Kier molecular flexibility index (Phi) is 2.19. The molecule has 0 aliphatic carbocycles. The van der Waals surface area contributed by atoms with Crippen LogP contribution in [-0.4, -0.2) is 4.98 Å². The predicted molar refractivity (Wildman–Crippen MR) is 81.4 cm³/mol. The lowest BCUT2D eigenvalue weighted by molar-refractivity contribution is 1.52. The molecular weight excluding hydrogens is 306 g/mol. The third-order valence-corrected chi connectivity index (χ3v) is 4.72. The Hall–Kier alpha value is -1.45. The van der Waals surface area contributed by atoms with Crippen LogP contribution >= 0.6 is 27.3 Å². The van der Waals surface area contributed by atoms with E-state index in [0.717, 1.165) is 15.0 Å². The fourth-order valence-electron chi connectivity index (χ4n) is 2.28. The van der Waals surface area contributed by atoms with Crippen LogP contribution in [0.2, 0.25) is 0 Å². The average molecular weight is 314 g/mol. The zero-order valence-electron chi connectivity index (χ0n) is 9.35. The molecule has 2 aliphatic rings. The van der Waals surface area contributed by atoms with E-state index in [1.165, 1.54) is 21.0 Å². The largest absolute Gasteiger partial charge is 0.237 e. The molecular formula is C15H8BrNS. The number of rotatable bonds is 0. The number of aromatic nitrogens is 1. The molecule has 2 heterocycles. The van der Waals surface area contributed by atoms with Gasteiger partial charge >= 0.3 is 0 Å². The van der Waals surface area contributed by atoms with Gasteiger partial charge < -0.3 is 0 Å². The van der Waals surface area contributed by atoms with Crippen LogP contribution in [0, 0.1) is 0 Å². The summed E-state index contributed by atoms with van der Waals surface area (Å²) in [4.78, 5) is 4.70. The highest BCUT2D eigenvalue weighted by molar-refractivity contribution is 9.10. The van der Waals surface area contributed by atoms with Gasteiger partial charge in [0.15, 0.2) is 0 Å². The molecule has 18 heavy (non-hydrogen) atoms. The second-order valence-electron chi connectivity index (χ2n) is 4.28. The van der Waals surface area contributed by atoms with Gasteiger partial charge in [0.1, 0.15) is 5.01 Å². The first kappa shape index (κ1) is 10.5. The summed E-state index contributed by atoms with van der Waals surface area (Å²) in [6.45, 7) is 0. The fourth-order valence-corrected chi connectivity index (χ4v) is 3.66. The van der Waals surface area contributed by atoms with E-state index < -0.39 is 0 Å². The lowest BCUT2D eigenvalue weighted by Gasteiger charge is -2.01. The summed E-state index contributed by atoms with van der Waals surface area (Å²) in [7, 11) is 0. The molecule has 4 rings (SSSR count). The van der Waals surface area contributed by atoms with Crippen molar-refractivity contribution in [2.24, 2.45) is 0 Å². The molecule has 0 saturated heterocycles. The first-order valence-corrected chi connectivity index (χ1v) is 7.30. The van der Waals surface area contributed by atoms with Crippen LogP contribution in [0.15, 0.2) is 53.0 Å². The maximum atomic E-state index is 4.70. The topological polar surface area (TPSA) is 12.9 Å². The maximum absolute atomic E-state index is 4.70. The van der Waals surface area contributed by atoms with E-state index in [0.29, 0.717) is 0 Å². The van der Waals surface area contributed by atoms with Crippen LogP contribution in [-0.2, 0) is 0 Å². The van der Waals surface area contributed by atoms with Crippen LogP contribution in [0.1, 0.15) is 0 Å². The number of hydrogen-bond donors (Lipinski definition) is 0. The molecule has 0 N–H and O–H groups in total. The van der Waals surface area contributed by atoms with Crippen molar-refractivity contribution in [1.82, 2.24) is 4.98 Å². The number of hydrogen-bond acceptors (Lipinski definition) is 2. The van der Waals surface area contributed by atoms with Crippen LogP contribution in [0.4, 0.5) is 0 Å². The van der Waals surface area contributed by atoms with Gasteiger partial charge in [0.25, 0.3) is 0 Å². The summed E-state index contributed by atoms with van der Waals surface area (Å²) in [6, 6.07) is 16.9. The third kappa shape index (κ3) is 1.48. The van der Waals surface area contributed by atoms with Crippen LogP contribution < -0.4 is 0 Å². The summed E-state index contributed by atoms with van der Waals surface area (Å²) in [6.07, 6.45) is 0. The Bertz CT molecular complexity index is 850. The molecule has 1 nitrogen and oxygen atoms in total. The highest BCUT2D eigenvalue weighted by atomic mass is 79.9. The van der Waals surface area contributed by atoms with E-state index in [1.54, 1.807) is 11.3 Å². The fraction of sp³-hybridized carbons (Fsp3) is 0. The SMILES string of the molecule is Brc1ccc2nc3sc4ccccc4cc-3c2c1.